The van der Waals surface area contributed by atoms with Crippen molar-refractivity contribution in [3.8, 4) is 5.69 Å². The summed E-state index contributed by atoms with van der Waals surface area (Å²) in [5, 5.41) is 3.06. The summed E-state index contributed by atoms with van der Waals surface area (Å²) in [4.78, 5) is 34.5. The van der Waals surface area contributed by atoms with Crippen molar-refractivity contribution in [3.05, 3.63) is 88.1 Å². The molecule has 4 aromatic rings. The zero-order valence-corrected chi connectivity index (χ0v) is 17.8. The molecule has 1 atom stereocenters. The number of pyridine rings is 1. The Bertz CT molecular complexity index is 1330. The summed E-state index contributed by atoms with van der Waals surface area (Å²) < 4.78 is 15.8. The number of fused-ring (bicyclic) bond motifs is 1. The smallest absolute Gasteiger partial charge is 0.266 e. The quantitative estimate of drug-likeness (QED) is 0.349. The molecular formula is C22H16ClFN4O2S. The summed E-state index contributed by atoms with van der Waals surface area (Å²) in [6.07, 6.45) is 1.43. The number of halogens is 2. The van der Waals surface area contributed by atoms with Crippen LogP contribution in [0.1, 0.15) is 6.92 Å². The van der Waals surface area contributed by atoms with Gasteiger partial charge in [-0.2, -0.15) is 0 Å². The Morgan fingerprint density at radius 1 is 1.13 bits per heavy atom. The maximum absolute atomic E-state index is 14.6. The largest absolute Gasteiger partial charge is 0.310 e. The second-order valence-corrected chi connectivity index (χ2v) is 8.36. The van der Waals surface area contributed by atoms with Gasteiger partial charge in [-0.3, -0.25) is 14.2 Å². The first-order valence-electron chi connectivity index (χ1n) is 9.30. The van der Waals surface area contributed by atoms with Gasteiger partial charge in [-0.15, -0.1) is 0 Å². The summed E-state index contributed by atoms with van der Waals surface area (Å²) in [6, 6.07) is 16.0. The molecule has 0 saturated carbocycles. The summed E-state index contributed by atoms with van der Waals surface area (Å²) in [5.74, 6) is -0.562. The second-order valence-electron chi connectivity index (χ2n) is 6.61. The topological polar surface area (TPSA) is 76.9 Å². The van der Waals surface area contributed by atoms with Crippen molar-refractivity contribution in [1.29, 1.82) is 0 Å². The second kappa shape index (κ2) is 8.87. The van der Waals surface area contributed by atoms with E-state index in [4.69, 9.17) is 11.6 Å². The first-order chi connectivity index (χ1) is 14.9. The highest BCUT2D eigenvalue weighted by molar-refractivity contribution is 8.00. The summed E-state index contributed by atoms with van der Waals surface area (Å²) in [5.41, 5.74) is 0.125. The van der Waals surface area contributed by atoms with Gasteiger partial charge in [0, 0.05) is 6.20 Å². The molecule has 31 heavy (non-hydrogen) atoms. The number of para-hydroxylation sites is 2. The molecule has 0 spiro atoms. The minimum absolute atomic E-state index is 0.0697. The van der Waals surface area contributed by atoms with E-state index in [2.05, 4.69) is 15.3 Å². The Morgan fingerprint density at radius 2 is 1.87 bits per heavy atom. The van der Waals surface area contributed by atoms with Crippen molar-refractivity contribution in [1.82, 2.24) is 14.5 Å². The number of anilines is 1. The molecule has 2 heterocycles. The number of thioether (sulfide) groups is 1. The lowest BCUT2D eigenvalue weighted by Crippen LogP contribution is -2.27. The van der Waals surface area contributed by atoms with Gasteiger partial charge in [0.25, 0.3) is 5.56 Å². The summed E-state index contributed by atoms with van der Waals surface area (Å²) >= 11 is 6.87. The first kappa shape index (κ1) is 21.0. The number of benzene rings is 2. The fraction of sp³-hybridized carbons (Fsp3) is 0.0909. The van der Waals surface area contributed by atoms with Gasteiger partial charge in [-0.25, -0.2) is 14.4 Å². The van der Waals surface area contributed by atoms with E-state index >= 15 is 0 Å². The van der Waals surface area contributed by atoms with Crippen LogP contribution >= 0.6 is 23.4 Å². The van der Waals surface area contributed by atoms with E-state index in [-0.39, 0.29) is 16.8 Å². The SMILES string of the molecule is CC(Sc1nc2ccccc2c(=O)n1-c1ccccc1F)C(=O)Nc1ccc(Cl)cn1. The highest BCUT2D eigenvalue weighted by Gasteiger charge is 2.21. The van der Waals surface area contributed by atoms with Crippen molar-refractivity contribution < 1.29 is 9.18 Å². The maximum atomic E-state index is 14.6. The number of rotatable bonds is 5. The predicted molar refractivity (Wildman–Crippen MR) is 120 cm³/mol. The standard InChI is InChI=1S/C22H16ClFN4O2S/c1-13(20(29)27-19-11-10-14(23)12-25-19)31-22-26-17-8-4-2-6-15(17)21(30)28(22)18-9-5-3-7-16(18)24/h2-13H,1H3,(H,25,27,29). The van der Waals surface area contributed by atoms with Crippen LogP contribution in [-0.2, 0) is 4.79 Å². The number of aromatic nitrogens is 3. The normalized spacial score (nSPS) is 12.0. The molecule has 0 saturated heterocycles. The molecule has 0 radical (unpaired) electrons. The molecular weight excluding hydrogens is 439 g/mol. The van der Waals surface area contributed by atoms with Crippen LogP contribution in [0.4, 0.5) is 10.2 Å². The van der Waals surface area contributed by atoms with Crippen LogP contribution < -0.4 is 10.9 Å². The van der Waals surface area contributed by atoms with Gasteiger partial charge in [-0.05, 0) is 43.3 Å². The van der Waals surface area contributed by atoms with E-state index < -0.39 is 16.6 Å². The Balaban J connectivity index is 1.73. The van der Waals surface area contributed by atoms with Crippen molar-refractivity contribution in [3.63, 3.8) is 0 Å². The number of amides is 1. The zero-order valence-electron chi connectivity index (χ0n) is 16.3. The number of carbonyl (C=O) groups excluding carboxylic acids is 1. The van der Waals surface area contributed by atoms with Gasteiger partial charge < -0.3 is 5.32 Å². The van der Waals surface area contributed by atoms with E-state index in [0.29, 0.717) is 21.7 Å². The molecule has 6 nitrogen and oxygen atoms in total. The molecule has 0 aliphatic heterocycles. The number of hydrogen-bond donors (Lipinski definition) is 1. The lowest BCUT2D eigenvalue weighted by atomic mass is 10.2. The number of carbonyl (C=O) groups is 1. The average Bonchev–Trinajstić information content (AvgIpc) is 2.76. The van der Waals surface area contributed by atoms with Crippen molar-refractivity contribution >= 4 is 46.0 Å². The predicted octanol–water partition coefficient (Wildman–Crippen LogP) is 4.69. The highest BCUT2D eigenvalue weighted by atomic mass is 35.5. The third-order valence-electron chi connectivity index (χ3n) is 4.47. The first-order valence-corrected chi connectivity index (χ1v) is 10.6. The number of nitrogens with zero attached hydrogens (tertiary/aromatic N) is 3. The van der Waals surface area contributed by atoms with Crippen LogP contribution in [0.2, 0.25) is 5.02 Å². The molecule has 0 aliphatic carbocycles. The van der Waals surface area contributed by atoms with Gasteiger partial charge in [0.2, 0.25) is 5.91 Å². The minimum Gasteiger partial charge on any atom is -0.310 e. The van der Waals surface area contributed by atoms with Gasteiger partial charge in [-0.1, -0.05) is 47.6 Å². The molecule has 4 rings (SSSR count). The molecule has 0 fully saturated rings. The van der Waals surface area contributed by atoms with E-state index in [1.165, 1.54) is 22.9 Å². The average molecular weight is 455 g/mol. The molecule has 0 aliphatic rings. The maximum Gasteiger partial charge on any atom is 0.266 e. The van der Waals surface area contributed by atoms with E-state index in [1.54, 1.807) is 55.5 Å². The molecule has 156 valence electrons. The lowest BCUT2D eigenvalue weighted by molar-refractivity contribution is -0.115. The van der Waals surface area contributed by atoms with Crippen LogP contribution in [0.15, 0.2) is 76.8 Å². The molecule has 1 amide bonds. The fourth-order valence-electron chi connectivity index (χ4n) is 2.93. The number of hydrogen-bond acceptors (Lipinski definition) is 5. The van der Waals surface area contributed by atoms with E-state index in [1.807, 2.05) is 0 Å². The van der Waals surface area contributed by atoms with Crippen LogP contribution in [-0.4, -0.2) is 25.7 Å². The fourth-order valence-corrected chi connectivity index (χ4v) is 3.96. The van der Waals surface area contributed by atoms with Gasteiger partial charge in [0.1, 0.15) is 11.6 Å². The third kappa shape index (κ3) is 4.45. The van der Waals surface area contributed by atoms with Crippen molar-refractivity contribution in [2.45, 2.75) is 17.3 Å². The van der Waals surface area contributed by atoms with Crippen molar-refractivity contribution in [2.24, 2.45) is 0 Å². The van der Waals surface area contributed by atoms with Gasteiger partial charge >= 0.3 is 0 Å². The molecule has 2 aromatic carbocycles. The molecule has 0 bridgehead atoms. The highest BCUT2D eigenvalue weighted by Crippen LogP contribution is 2.26. The monoisotopic (exact) mass is 454 g/mol. The third-order valence-corrected chi connectivity index (χ3v) is 5.74. The Morgan fingerprint density at radius 3 is 2.61 bits per heavy atom. The zero-order chi connectivity index (χ0) is 22.0. The molecule has 2 aromatic heterocycles. The Labute approximate surface area is 186 Å². The van der Waals surface area contributed by atoms with E-state index in [0.717, 1.165) is 11.8 Å². The Hall–Kier alpha value is -3.23. The minimum atomic E-state index is -0.649. The summed E-state index contributed by atoms with van der Waals surface area (Å²) in [6.45, 7) is 1.67. The molecule has 9 heteroatoms. The van der Waals surface area contributed by atoms with Crippen LogP contribution in [0.25, 0.3) is 16.6 Å². The van der Waals surface area contributed by atoms with Gasteiger partial charge in [0.15, 0.2) is 5.16 Å². The molecule has 1 N–H and O–H groups in total. The van der Waals surface area contributed by atoms with Crippen molar-refractivity contribution in [2.75, 3.05) is 5.32 Å². The number of nitrogens with one attached hydrogen (secondary N) is 1. The summed E-state index contributed by atoms with van der Waals surface area (Å²) in [7, 11) is 0. The van der Waals surface area contributed by atoms with Crippen LogP contribution in [0, 0.1) is 5.82 Å². The van der Waals surface area contributed by atoms with Gasteiger partial charge in [0.05, 0.1) is 26.9 Å². The Kier molecular flexibility index (Phi) is 6.01. The lowest BCUT2D eigenvalue weighted by Gasteiger charge is -2.16. The van der Waals surface area contributed by atoms with Crippen LogP contribution in [0.5, 0.6) is 0 Å². The van der Waals surface area contributed by atoms with E-state index in [9.17, 15) is 14.0 Å². The van der Waals surface area contributed by atoms with Crippen LogP contribution in [0.3, 0.4) is 0 Å². The molecule has 1 unspecified atom stereocenters.